The van der Waals surface area contributed by atoms with Crippen molar-refractivity contribution in [1.82, 2.24) is 20.3 Å². The van der Waals surface area contributed by atoms with Gasteiger partial charge in [-0.15, -0.1) is 11.3 Å². The summed E-state index contributed by atoms with van der Waals surface area (Å²) in [7, 11) is 1.65. The summed E-state index contributed by atoms with van der Waals surface area (Å²) in [6, 6.07) is 21.2. The summed E-state index contributed by atoms with van der Waals surface area (Å²) in [6.07, 6.45) is 0. The molecule has 2 N–H and O–H groups in total. The van der Waals surface area contributed by atoms with Crippen LogP contribution in [0.2, 0.25) is 0 Å². The number of aromatic amines is 1. The van der Waals surface area contributed by atoms with Crippen LogP contribution < -0.4 is 10.1 Å². The second kappa shape index (κ2) is 7.61. The number of nitrogens with zero attached hydrogens (tertiary/aromatic N) is 2. The second-order valence-corrected chi connectivity index (χ2v) is 7.84. The van der Waals surface area contributed by atoms with E-state index < -0.39 is 0 Å². The van der Waals surface area contributed by atoms with E-state index in [-0.39, 0.29) is 5.91 Å². The number of aromatic nitrogens is 3. The largest absolute Gasteiger partial charge is 0.497 e. The van der Waals surface area contributed by atoms with Crippen molar-refractivity contribution in [2.75, 3.05) is 7.11 Å². The molecule has 0 radical (unpaired) electrons. The highest BCUT2D eigenvalue weighted by Crippen LogP contribution is 2.31. The quantitative estimate of drug-likeness (QED) is 0.434. The standard InChI is InChI=1S/C23H18N4O2S/c1-29-16-9-6-14(7-10-16)23-27-19-11-8-15(12-20(19)30-23)22(28)24-13-21-25-17-4-2-3-5-18(17)26-21/h2-12H,13H2,1H3,(H,24,28)(H,25,26). The summed E-state index contributed by atoms with van der Waals surface area (Å²) < 4.78 is 6.18. The number of benzene rings is 3. The fraction of sp³-hybridized carbons (Fsp3) is 0.0870. The number of imidazole rings is 1. The molecule has 0 spiro atoms. The van der Waals surface area contributed by atoms with Crippen LogP contribution in [0, 0.1) is 0 Å². The molecule has 30 heavy (non-hydrogen) atoms. The molecule has 3 aromatic carbocycles. The van der Waals surface area contributed by atoms with Crippen LogP contribution in [-0.4, -0.2) is 28.0 Å². The highest BCUT2D eigenvalue weighted by Gasteiger charge is 2.12. The van der Waals surface area contributed by atoms with Gasteiger partial charge in [0.05, 0.1) is 34.9 Å². The Morgan fingerprint density at radius 3 is 2.67 bits per heavy atom. The number of hydrogen-bond acceptors (Lipinski definition) is 5. The Morgan fingerprint density at radius 2 is 1.87 bits per heavy atom. The smallest absolute Gasteiger partial charge is 0.251 e. The van der Waals surface area contributed by atoms with Gasteiger partial charge in [0.25, 0.3) is 5.91 Å². The zero-order chi connectivity index (χ0) is 20.5. The van der Waals surface area contributed by atoms with Crippen LogP contribution >= 0.6 is 11.3 Å². The number of amides is 1. The maximum Gasteiger partial charge on any atom is 0.251 e. The lowest BCUT2D eigenvalue weighted by molar-refractivity contribution is 0.0950. The van der Waals surface area contributed by atoms with Gasteiger partial charge in [-0.2, -0.15) is 0 Å². The number of nitrogens with one attached hydrogen (secondary N) is 2. The SMILES string of the molecule is COc1ccc(-c2nc3ccc(C(=O)NCc4nc5ccccc5[nH]4)cc3s2)cc1. The number of rotatable bonds is 5. The predicted molar refractivity (Wildman–Crippen MR) is 119 cm³/mol. The molecule has 5 aromatic rings. The summed E-state index contributed by atoms with van der Waals surface area (Å²) in [5.41, 5.74) is 4.34. The van der Waals surface area contributed by atoms with E-state index in [1.165, 1.54) is 0 Å². The van der Waals surface area contributed by atoms with Crippen molar-refractivity contribution >= 4 is 38.5 Å². The Labute approximate surface area is 176 Å². The number of fused-ring (bicyclic) bond motifs is 2. The summed E-state index contributed by atoms with van der Waals surface area (Å²) in [4.78, 5) is 25.0. The van der Waals surface area contributed by atoms with E-state index in [2.05, 4.69) is 20.3 Å². The van der Waals surface area contributed by atoms with Gasteiger partial charge in [0, 0.05) is 11.1 Å². The molecule has 2 aromatic heterocycles. The van der Waals surface area contributed by atoms with Crippen molar-refractivity contribution in [2.45, 2.75) is 6.54 Å². The summed E-state index contributed by atoms with van der Waals surface area (Å²) in [5.74, 6) is 1.39. The molecule has 0 aliphatic heterocycles. The van der Waals surface area contributed by atoms with Crippen molar-refractivity contribution in [2.24, 2.45) is 0 Å². The monoisotopic (exact) mass is 414 g/mol. The Hall–Kier alpha value is -3.71. The maximum absolute atomic E-state index is 12.6. The maximum atomic E-state index is 12.6. The number of methoxy groups -OCH3 is 1. The molecule has 0 saturated heterocycles. The summed E-state index contributed by atoms with van der Waals surface area (Å²) >= 11 is 1.56. The van der Waals surface area contributed by atoms with E-state index in [0.717, 1.165) is 43.4 Å². The molecule has 7 heteroatoms. The van der Waals surface area contributed by atoms with E-state index >= 15 is 0 Å². The van der Waals surface area contributed by atoms with Crippen molar-refractivity contribution < 1.29 is 9.53 Å². The first kappa shape index (κ1) is 18.3. The predicted octanol–water partition coefficient (Wildman–Crippen LogP) is 4.78. The molecule has 0 bridgehead atoms. The van der Waals surface area contributed by atoms with Gasteiger partial charge in [0.1, 0.15) is 16.6 Å². The van der Waals surface area contributed by atoms with Crippen LogP contribution in [0.5, 0.6) is 5.75 Å². The van der Waals surface area contributed by atoms with E-state index in [0.29, 0.717) is 12.1 Å². The van der Waals surface area contributed by atoms with E-state index in [1.807, 2.05) is 60.7 Å². The van der Waals surface area contributed by atoms with Crippen LogP contribution in [0.3, 0.4) is 0 Å². The van der Waals surface area contributed by atoms with Crippen LogP contribution in [0.1, 0.15) is 16.2 Å². The van der Waals surface area contributed by atoms with E-state index in [1.54, 1.807) is 24.5 Å². The topological polar surface area (TPSA) is 79.9 Å². The van der Waals surface area contributed by atoms with Crippen molar-refractivity contribution in [3.63, 3.8) is 0 Å². The fourth-order valence-corrected chi connectivity index (χ4v) is 4.29. The Bertz CT molecular complexity index is 1320. The molecular weight excluding hydrogens is 396 g/mol. The Balaban J connectivity index is 1.34. The molecule has 6 nitrogen and oxygen atoms in total. The first-order chi connectivity index (χ1) is 14.7. The minimum Gasteiger partial charge on any atom is -0.497 e. The third-order valence-corrected chi connectivity index (χ3v) is 5.91. The molecule has 0 unspecified atom stereocenters. The molecule has 2 heterocycles. The molecule has 0 saturated carbocycles. The third kappa shape index (κ3) is 3.51. The summed E-state index contributed by atoms with van der Waals surface area (Å²) in [5, 5.41) is 3.84. The van der Waals surface area contributed by atoms with E-state index in [9.17, 15) is 4.79 Å². The number of ether oxygens (including phenoxy) is 1. The number of carbonyl (C=O) groups excluding carboxylic acids is 1. The molecule has 0 aliphatic carbocycles. The summed E-state index contributed by atoms with van der Waals surface area (Å²) in [6.45, 7) is 0.339. The van der Waals surface area contributed by atoms with Crippen LogP contribution in [0.15, 0.2) is 66.7 Å². The van der Waals surface area contributed by atoms with Gasteiger partial charge >= 0.3 is 0 Å². The van der Waals surface area contributed by atoms with Gasteiger partial charge < -0.3 is 15.0 Å². The average Bonchev–Trinajstić information content (AvgIpc) is 3.40. The second-order valence-electron chi connectivity index (χ2n) is 6.81. The number of hydrogen-bond donors (Lipinski definition) is 2. The lowest BCUT2D eigenvalue weighted by atomic mass is 10.2. The molecule has 5 rings (SSSR count). The zero-order valence-corrected chi connectivity index (χ0v) is 17.0. The lowest BCUT2D eigenvalue weighted by Gasteiger charge is -2.03. The van der Waals surface area contributed by atoms with Gasteiger partial charge in [-0.3, -0.25) is 4.79 Å². The first-order valence-electron chi connectivity index (χ1n) is 9.46. The molecule has 1 amide bonds. The number of H-pyrrole nitrogens is 1. The van der Waals surface area contributed by atoms with Crippen LogP contribution in [0.25, 0.3) is 31.8 Å². The highest BCUT2D eigenvalue weighted by atomic mass is 32.1. The number of para-hydroxylation sites is 2. The Morgan fingerprint density at radius 1 is 1.03 bits per heavy atom. The van der Waals surface area contributed by atoms with Crippen molar-refractivity contribution in [3.05, 3.63) is 78.1 Å². The van der Waals surface area contributed by atoms with Crippen LogP contribution in [-0.2, 0) is 6.54 Å². The molecule has 0 atom stereocenters. The first-order valence-corrected chi connectivity index (χ1v) is 10.3. The Kier molecular flexibility index (Phi) is 4.65. The number of carbonyl (C=O) groups is 1. The fourth-order valence-electron chi connectivity index (χ4n) is 3.28. The minimum atomic E-state index is -0.142. The normalized spacial score (nSPS) is 11.1. The highest BCUT2D eigenvalue weighted by molar-refractivity contribution is 7.21. The van der Waals surface area contributed by atoms with Gasteiger partial charge in [-0.25, -0.2) is 9.97 Å². The van der Waals surface area contributed by atoms with Gasteiger partial charge in [0.2, 0.25) is 0 Å². The molecular formula is C23H18N4O2S. The van der Waals surface area contributed by atoms with Crippen molar-refractivity contribution in [1.29, 1.82) is 0 Å². The lowest BCUT2D eigenvalue weighted by Crippen LogP contribution is -2.23. The van der Waals surface area contributed by atoms with Crippen LogP contribution in [0.4, 0.5) is 0 Å². The van der Waals surface area contributed by atoms with Gasteiger partial charge in [0.15, 0.2) is 0 Å². The minimum absolute atomic E-state index is 0.142. The van der Waals surface area contributed by atoms with E-state index in [4.69, 9.17) is 4.74 Å². The molecule has 0 fully saturated rings. The molecule has 0 aliphatic rings. The van der Waals surface area contributed by atoms with Gasteiger partial charge in [-0.1, -0.05) is 12.1 Å². The zero-order valence-electron chi connectivity index (χ0n) is 16.2. The third-order valence-electron chi connectivity index (χ3n) is 4.84. The average molecular weight is 414 g/mol. The van der Waals surface area contributed by atoms with Gasteiger partial charge in [-0.05, 0) is 54.6 Å². The van der Waals surface area contributed by atoms with Crippen molar-refractivity contribution in [3.8, 4) is 16.3 Å². The molecule has 148 valence electrons. The number of thiazole rings is 1.